The summed E-state index contributed by atoms with van der Waals surface area (Å²) in [5, 5.41) is 3.54. The number of nitrogens with zero attached hydrogens (tertiary/aromatic N) is 3. The molecule has 2 saturated heterocycles. The van der Waals surface area contributed by atoms with Crippen molar-refractivity contribution in [3.63, 3.8) is 0 Å². The molecular formula is C21H33FN4O. The zero-order chi connectivity index (χ0) is 19.1. The third-order valence-electron chi connectivity index (χ3n) is 5.74. The van der Waals surface area contributed by atoms with E-state index in [1.54, 1.807) is 12.1 Å². The second-order valence-corrected chi connectivity index (χ2v) is 7.85. The van der Waals surface area contributed by atoms with Gasteiger partial charge in [-0.15, -0.1) is 0 Å². The van der Waals surface area contributed by atoms with Crippen LogP contribution in [0.4, 0.5) is 4.39 Å². The van der Waals surface area contributed by atoms with E-state index >= 15 is 0 Å². The Bertz CT molecular complexity index is 610. The fourth-order valence-electron chi connectivity index (χ4n) is 4.04. The molecule has 0 aromatic heterocycles. The van der Waals surface area contributed by atoms with Crippen LogP contribution in [0.1, 0.15) is 24.8 Å². The summed E-state index contributed by atoms with van der Waals surface area (Å²) in [6.07, 6.45) is 3.42. The maximum absolute atomic E-state index is 13.8. The van der Waals surface area contributed by atoms with Crippen molar-refractivity contribution in [2.75, 3.05) is 53.5 Å². The number of halogens is 1. The van der Waals surface area contributed by atoms with Crippen LogP contribution in [0.15, 0.2) is 29.3 Å². The van der Waals surface area contributed by atoms with Gasteiger partial charge in [-0.05, 0) is 44.3 Å². The summed E-state index contributed by atoms with van der Waals surface area (Å²) in [4.78, 5) is 9.01. The number of guanidine groups is 1. The van der Waals surface area contributed by atoms with Crippen molar-refractivity contribution in [3.8, 4) is 0 Å². The van der Waals surface area contributed by atoms with Crippen molar-refractivity contribution in [3.05, 3.63) is 35.6 Å². The molecule has 1 aromatic carbocycles. The van der Waals surface area contributed by atoms with Gasteiger partial charge in [-0.25, -0.2) is 4.39 Å². The molecule has 2 fully saturated rings. The Morgan fingerprint density at radius 2 is 2.04 bits per heavy atom. The molecule has 0 radical (unpaired) electrons. The SMILES string of the molecule is CN=C(NCC1CCN(Cc2ccccc2F)CC1)N(C)CC1CCOC1. The number of piperidine rings is 1. The first-order chi connectivity index (χ1) is 13.2. The van der Waals surface area contributed by atoms with E-state index in [2.05, 4.69) is 27.2 Å². The van der Waals surface area contributed by atoms with E-state index in [1.807, 2.05) is 19.2 Å². The van der Waals surface area contributed by atoms with Crippen LogP contribution in [0, 0.1) is 17.7 Å². The van der Waals surface area contributed by atoms with E-state index in [0.717, 1.165) is 70.2 Å². The summed E-state index contributed by atoms with van der Waals surface area (Å²) in [5.74, 6) is 2.12. The van der Waals surface area contributed by atoms with Crippen LogP contribution in [0.2, 0.25) is 0 Å². The number of likely N-dealkylation sites (tertiary alicyclic amines) is 1. The summed E-state index contributed by atoms with van der Waals surface area (Å²) in [5.41, 5.74) is 0.798. The van der Waals surface area contributed by atoms with Crippen LogP contribution < -0.4 is 5.32 Å². The van der Waals surface area contributed by atoms with Crippen LogP contribution in [0.3, 0.4) is 0 Å². The number of aliphatic imine (C=N–C) groups is 1. The molecule has 5 nitrogen and oxygen atoms in total. The van der Waals surface area contributed by atoms with Crippen LogP contribution in [-0.4, -0.2) is 69.2 Å². The Morgan fingerprint density at radius 1 is 1.26 bits per heavy atom. The van der Waals surface area contributed by atoms with Crippen molar-refractivity contribution < 1.29 is 9.13 Å². The quantitative estimate of drug-likeness (QED) is 0.612. The van der Waals surface area contributed by atoms with E-state index < -0.39 is 0 Å². The molecule has 0 bridgehead atoms. The van der Waals surface area contributed by atoms with Crippen LogP contribution in [0.25, 0.3) is 0 Å². The molecule has 6 heteroatoms. The molecule has 1 aromatic rings. The molecule has 2 aliphatic rings. The van der Waals surface area contributed by atoms with E-state index in [-0.39, 0.29) is 5.82 Å². The molecule has 0 saturated carbocycles. The average molecular weight is 377 g/mol. The molecule has 0 aliphatic carbocycles. The molecule has 0 amide bonds. The third kappa shape index (κ3) is 5.91. The van der Waals surface area contributed by atoms with E-state index in [9.17, 15) is 4.39 Å². The zero-order valence-corrected chi connectivity index (χ0v) is 16.7. The average Bonchev–Trinajstić information content (AvgIpc) is 3.18. The second-order valence-electron chi connectivity index (χ2n) is 7.85. The molecule has 150 valence electrons. The highest BCUT2D eigenvalue weighted by molar-refractivity contribution is 5.79. The minimum absolute atomic E-state index is 0.0965. The third-order valence-corrected chi connectivity index (χ3v) is 5.74. The largest absolute Gasteiger partial charge is 0.381 e. The molecule has 3 rings (SSSR count). The van der Waals surface area contributed by atoms with Gasteiger partial charge in [-0.3, -0.25) is 9.89 Å². The number of hydrogen-bond acceptors (Lipinski definition) is 3. The fourth-order valence-corrected chi connectivity index (χ4v) is 4.04. The van der Waals surface area contributed by atoms with Gasteiger partial charge in [-0.2, -0.15) is 0 Å². The van der Waals surface area contributed by atoms with Crippen molar-refractivity contribution in [2.24, 2.45) is 16.8 Å². The summed E-state index contributed by atoms with van der Waals surface area (Å²) in [7, 11) is 3.95. The topological polar surface area (TPSA) is 40.1 Å². The number of benzene rings is 1. The van der Waals surface area contributed by atoms with Gasteiger partial charge >= 0.3 is 0 Å². The van der Waals surface area contributed by atoms with Gasteiger partial charge in [0.15, 0.2) is 5.96 Å². The Labute approximate surface area is 162 Å². The Morgan fingerprint density at radius 3 is 2.70 bits per heavy atom. The molecule has 27 heavy (non-hydrogen) atoms. The van der Waals surface area contributed by atoms with Crippen molar-refractivity contribution in [2.45, 2.75) is 25.8 Å². The van der Waals surface area contributed by atoms with Crippen LogP contribution >= 0.6 is 0 Å². The van der Waals surface area contributed by atoms with Crippen LogP contribution in [-0.2, 0) is 11.3 Å². The monoisotopic (exact) mass is 376 g/mol. The van der Waals surface area contributed by atoms with Gasteiger partial charge < -0.3 is 15.0 Å². The van der Waals surface area contributed by atoms with Crippen molar-refractivity contribution in [1.29, 1.82) is 0 Å². The molecule has 2 aliphatic heterocycles. The number of nitrogens with one attached hydrogen (secondary N) is 1. The van der Waals surface area contributed by atoms with Crippen LogP contribution in [0.5, 0.6) is 0 Å². The first-order valence-corrected chi connectivity index (χ1v) is 10.1. The minimum Gasteiger partial charge on any atom is -0.381 e. The molecule has 0 spiro atoms. The first-order valence-electron chi connectivity index (χ1n) is 10.1. The normalized spacial score (nSPS) is 22.2. The number of hydrogen-bond donors (Lipinski definition) is 1. The lowest BCUT2D eigenvalue weighted by Gasteiger charge is -2.33. The Hall–Kier alpha value is -1.66. The van der Waals surface area contributed by atoms with E-state index in [4.69, 9.17) is 4.74 Å². The maximum atomic E-state index is 13.8. The Kier molecular flexibility index (Phi) is 7.47. The number of ether oxygens (including phenoxy) is 1. The van der Waals surface area contributed by atoms with Gasteiger partial charge in [0.1, 0.15) is 5.82 Å². The maximum Gasteiger partial charge on any atom is 0.193 e. The predicted molar refractivity (Wildman–Crippen MR) is 107 cm³/mol. The van der Waals surface area contributed by atoms with Gasteiger partial charge in [0.05, 0.1) is 6.61 Å². The summed E-state index contributed by atoms with van der Waals surface area (Å²) in [6, 6.07) is 7.10. The molecular weight excluding hydrogens is 343 g/mol. The predicted octanol–water partition coefficient (Wildman–Crippen LogP) is 2.58. The van der Waals surface area contributed by atoms with Gasteiger partial charge in [0, 0.05) is 51.8 Å². The zero-order valence-electron chi connectivity index (χ0n) is 16.7. The van der Waals surface area contributed by atoms with Gasteiger partial charge in [0.2, 0.25) is 0 Å². The summed E-state index contributed by atoms with van der Waals surface area (Å²) in [6.45, 7) is 6.44. The summed E-state index contributed by atoms with van der Waals surface area (Å²) < 4.78 is 19.3. The summed E-state index contributed by atoms with van der Waals surface area (Å²) >= 11 is 0. The standard InChI is InChI=1S/C21H33FN4O/c1-23-21(25(2)14-18-9-12-27-16-18)24-13-17-7-10-26(11-8-17)15-19-5-3-4-6-20(19)22/h3-6,17-18H,7-16H2,1-2H3,(H,23,24). The molecule has 1 unspecified atom stereocenters. The fraction of sp³-hybridized carbons (Fsp3) is 0.667. The lowest BCUT2D eigenvalue weighted by Crippen LogP contribution is -2.44. The lowest BCUT2D eigenvalue weighted by molar-refractivity contribution is 0.175. The molecule has 1 atom stereocenters. The van der Waals surface area contributed by atoms with Gasteiger partial charge in [-0.1, -0.05) is 18.2 Å². The minimum atomic E-state index is -0.0965. The van der Waals surface area contributed by atoms with Crippen molar-refractivity contribution >= 4 is 5.96 Å². The van der Waals surface area contributed by atoms with Gasteiger partial charge in [0.25, 0.3) is 0 Å². The molecule has 2 heterocycles. The highest BCUT2D eigenvalue weighted by Gasteiger charge is 2.22. The van der Waals surface area contributed by atoms with E-state index in [0.29, 0.717) is 18.4 Å². The van der Waals surface area contributed by atoms with Crippen molar-refractivity contribution in [1.82, 2.24) is 15.1 Å². The Balaban J connectivity index is 1.38. The smallest absolute Gasteiger partial charge is 0.193 e. The number of rotatable bonds is 6. The molecule has 1 N–H and O–H groups in total. The lowest BCUT2D eigenvalue weighted by atomic mass is 9.96. The second kappa shape index (κ2) is 10.0. The highest BCUT2D eigenvalue weighted by atomic mass is 19.1. The van der Waals surface area contributed by atoms with E-state index in [1.165, 1.54) is 0 Å². The first kappa shape index (κ1) is 20.1. The highest BCUT2D eigenvalue weighted by Crippen LogP contribution is 2.20.